The fourth-order valence-electron chi connectivity index (χ4n) is 0.845. The van der Waals surface area contributed by atoms with Crippen LogP contribution in [-0.4, -0.2) is 6.10 Å². The van der Waals surface area contributed by atoms with Gasteiger partial charge in [-0.1, -0.05) is 15.9 Å². The molecule has 0 aromatic heterocycles. The van der Waals surface area contributed by atoms with Gasteiger partial charge < -0.3 is 4.74 Å². The Labute approximate surface area is 108 Å². The molecule has 0 heterocycles. The normalized spacial score (nSPS) is 11.9. The first-order chi connectivity index (χ1) is 6.54. The van der Waals surface area contributed by atoms with E-state index in [1.54, 1.807) is 6.92 Å². The Balaban J connectivity index is 3.04. The van der Waals surface area contributed by atoms with Crippen LogP contribution >= 0.6 is 47.8 Å². The summed E-state index contributed by atoms with van der Waals surface area (Å²) < 4.78 is 7.96. The number of rotatable bonds is 2. The van der Waals surface area contributed by atoms with E-state index >= 15 is 0 Å². The Morgan fingerprint density at radius 3 is 2.21 bits per heavy atom. The number of hydrogen-bond donors (Lipinski definition) is 0. The lowest BCUT2D eigenvalue weighted by Gasteiger charge is -2.11. The third-order valence-corrected chi connectivity index (χ3v) is 3.08. The molecule has 2 nitrogen and oxygen atoms in total. The molecule has 0 bridgehead atoms. The zero-order valence-electron chi connectivity index (χ0n) is 7.22. The van der Waals surface area contributed by atoms with Crippen LogP contribution in [0.4, 0.5) is 0 Å². The summed E-state index contributed by atoms with van der Waals surface area (Å²) in [4.78, 5) is 0. The lowest BCUT2D eigenvalue weighted by molar-refractivity contribution is 0.273. The van der Waals surface area contributed by atoms with Gasteiger partial charge in [-0.25, -0.2) is 0 Å². The van der Waals surface area contributed by atoms with Gasteiger partial charge in [0, 0.05) is 4.47 Å². The third-order valence-electron chi connectivity index (χ3n) is 1.44. The number of benzene rings is 1. The maximum Gasteiger partial charge on any atom is 0.181 e. The van der Waals surface area contributed by atoms with Crippen LogP contribution in [0.25, 0.3) is 0 Å². The zero-order valence-corrected chi connectivity index (χ0v) is 12.0. The van der Waals surface area contributed by atoms with Crippen LogP contribution in [0.2, 0.25) is 0 Å². The summed E-state index contributed by atoms with van der Waals surface area (Å²) in [6.07, 6.45) is -0.469. The number of nitriles is 1. The standard InChI is InChI=1S/C9H6Br3NO/c1-5(4-13)14-9-7(11)2-6(10)3-8(9)12/h2-3,5H,1H3. The van der Waals surface area contributed by atoms with Crippen molar-refractivity contribution >= 4 is 47.8 Å². The Morgan fingerprint density at radius 2 is 1.79 bits per heavy atom. The van der Waals surface area contributed by atoms with E-state index in [1.807, 2.05) is 18.2 Å². The van der Waals surface area contributed by atoms with Gasteiger partial charge in [-0.3, -0.25) is 0 Å². The van der Waals surface area contributed by atoms with E-state index in [2.05, 4.69) is 47.8 Å². The smallest absolute Gasteiger partial charge is 0.181 e. The number of hydrogen-bond acceptors (Lipinski definition) is 2. The molecule has 5 heteroatoms. The number of ether oxygens (including phenoxy) is 1. The van der Waals surface area contributed by atoms with E-state index in [1.165, 1.54) is 0 Å². The van der Waals surface area contributed by atoms with Crippen molar-refractivity contribution in [3.05, 3.63) is 25.6 Å². The number of halogens is 3. The van der Waals surface area contributed by atoms with Crippen molar-refractivity contribution in [3.63, 3.8) is 0 Å². The first kappa shape index (κ1) is 12.0. The molecule has 0 aliphatic carbocycles. The fourth-order valence-corrected chi connectivity index (χ4v) is 3.29. The van der Waals surface area contributed by atoms with Gasteiger partial charge >= 0.3 is 0 Å². The monoisotopic (exact) mass is 381 g/mol. The highest BCUT2D eigenvalue weighted by molar-refractivity contribution is 9.11. The summed E-state index contributed by atoms with van der Waals surface area (Å²) in [6.45, 7) is 1.70. The molecule has 1 atom stereocenters. The minimum Gasteiger partial charge on any atom is -0.474 e. The molecule has 0 fully saturated rings. The van der Waals surface area contributed by atoms with Gasteiger partial charge in [0.2, 0.25) is 0 Å². The Bertz CT molecular complexity index is 363. The van der Waals surface area contributed by atoms with Crippen molar-refractivity contribution < 1.29 is 4.74 Å². The van der Waals surface area contributed by atoms with Crippen molar-refractivity contribution in [3.8, 4) is 11.8 Å². The first-order valence-corrected chi connectivity index (χ1v) is 6.13. The van der Waals surface area contributed by atoms with Crippen molar-refractivity contribution in [2.45, 2.75) is 13.0 Å². The molecule has 0 spiro atoms. The molecule has 0 saturated heterocycles. The SMILES string of the molecule is CC(C#N)Oc1c(Br)cc(Br)cc1Br. The molecule has 1 rings (SSSR count). The summed E-state index contributed by atoms with van der Waals surface area (Å²) in [5.41, 5.74) is 0. The zero-order chi connectivity index (χ0) is 10.7. The van der Waals surface area contributed by atoms with Gasteiger partial charge in [0.25, 0.3) is 0 Å². The topological polar surface area (TPSA) is 33.0 Å². The Morgan fingerprint density at radius 1 is 1.29 bits per heavy atom. The van der Waals surface area contributed by atoms with E-state index in [-0.39, 0.29) is 0 Å². The van der Waals surface area contributed by atoms with Crippen LogP contribution in [0.1, 0.15) is 6.92 Å². The molecule has 0 radical (unpaired) electrons. The van der Waals surface area contributed by atoms with Crippen LogP contribution in [0.5, 0.6) is 5.75 Å². The first-order valence-electron chi connectivity index (χ1n) is 3.75. The van der Waals surface area contributed by atoms with Gasteiger partial charge in [0.05, 0.1) is 8.95 Å². The highest BCUT2D eigenvalue weighted by Crippen LogP contribution is 2.36. The van der Waals surface area contributed by atoms with Gasteiger partial charge in [-0.2, -0.15) is 5.26 Å². The van der Waals surface area contributed by atoms with Crippen molar-refractivity contribution in [1.82, 2.24) is 0 Å². The quantitative estimate of drug-likeness (QED) is 0.764. The van der Waals surface area contributed by atoms with E-state index in [9.17, 15) is 0 Å². The maximum atomic E-state index is 8.62. The largest absolute Gasteiger partial charge is 0.474 e. The summed E-state index contributed by atoms with van der Waals surface area (Å²) in [7, 11) is 0. The minimum atomic E-state index is -0.469. The predicted octanol–water partition coefficient (Wildman–Crippen LogP) is 4.26. The lowest BCUT2D eigenvalue weighted by atomic mass is 10.3. The summed E-state index contributed by atoms with van der Waals surface area (Å²) >= 11 is 10.1. The molecule has 1 aromatic rings. The summed E-state index contributed by atoms with van der Waals surface area (Å²) in [6, 6.07) is 5.74. The maximum absolute atomic E-state index is 8.62. The van der Waals surface area contributed by atoms with Crippen LogP contribution in [0, 0.1) is 11.3 Å². The lowest BCUT2D eigenvalue weighted by Crippen LogP contribution is -2.08. The van der Waals surface area contributed by atoms with Crippen LogP contribution in [0.3, 0.4) is 0 Å². The molecule has 0 saturated carbocycles. The molecule has 1 unspecified atom stereocenters. The van der Waals surface area contributed by atoms with Crippen LogP contribution in [-0.2, 0) is 0 Å². The second-order valence-corrected chi connectivity index (χ2v) is 5.21. The van der Waals surface area contributed by atoms with Crippen LogP contribution in [0.15, 0.2) is 25.6 Å². The molecule has 0 aliphatic rings. The molecule has 74 valence electrons. The van der Waals surface area contributed by atoms with Crippen molar-refractivity contribution in [1.29, 1.82) is 5.26 Å². The predicted molar refractivity (Wildman–Crippen MR) is 65.2 cm³/mol. The highest BCUT2D eigenvalue weighted by atomic mass is 79.9. The van der Waals surface area contributed by atoms with E-state index < -0.39 is 6.10 Å². The Kier molecular flexibility index (Phi) is 4.42. The molecule has 0 N–H and O–H groups in total. The minimum absolute atomic E-state index is 0.469. The van der Waals surface area contributed by atoms with E-state index in [4.69, 9.17) is 10.00 Å². The van der Waals surface area contributed by atoms with Gasteiger partial charge in [-0.05, 0) is 50.9 Å². The van der Waals surface area contributed by atoms with Gasteiger partial charge in [0.1, 0.15) is 11.8 Å². The fraction of sp³-hybridized carbons (Fsp3) is 0.222. The van der Waals surface area contributed by atoms with Crippen molar-refractivity contribution in [2.24, 2.45) is 0 Å². The number of nitrogens with zero attached hydrogens (tertiary/aromatic N) is 1. The molecular weight excluding hydrogens is 378 g/mol. The summed E-state index contributed by atoms with van der Waals surface area (Å²) in [5.74, 6) is 0.641. The van der Waals surface area contributed by atoms with E-state index in [0.29, 0.717) is 5.75 Å². The third kappa shape index (κ3) is 2.97. The second-order valence-electron chi connectivity index (χ2n) is 2.59. The molecule has 0 amide bonds. The van der Waals surface area contributed by atoms with Crippen LogP contribution < -0.4 is 4.74 Å². The van der Waals surface area contributed by atoms with E-state index in [0.717, 1.165) is 13.4 Å². The second kappa shape index (κ2) is 5.15. The molecule has 1 aromatic carbocycles. The average molecular weight is 384 g/mol. The summed E-state index contributed by atoms with van der Waals surface area (Å²) in [5, 5.41) is 8.62. The highest BCUT2D eigenvalue weighted by Gasteiger charge is 2.11. The molecule has 0 aliphatic heterocycles. The van der Waals surface area contributed by atoms with Gasteiger partial charge in [0.15, 0.2) is 6.10 Å². The molecule has 14 heavy (non-hydrogen) atoms. The molecular formula is C9H6Br3NO. The van der Waals surface area contributed by atoms with Gasteiger partial charge in [-0.15, -0.1) is 0 Å². The Hall–Kier alpha value is -0.0500. The average Bonchev–Trinajstić information content (AvgIpc) is 2.10. The van der Waals surface area contributed by atoms with Crippen molar-refractivity contribution in [2.75, 3.05) is 0 Å².